The lowest BCUT2D eigenvalue weighted by Gasteiger charge is -2.20. The number of anilines is 1. The van der Waals surface area contributed by atoms with E-state index in [0.717, 1.165) is 4.31 Å². The summed E-state index contributed by atoms with van der Waals surface area (Å²) in [4.78, 5) is 17.5. The Morgan fingerprint density at radius 3 is 2.68 bits per heavy atom. The second-order valence-corrected chi connectivity index (χ2v) is 7.31. The number of alkyl halides is 1. The molecule has 2 rings (SSSR count). The monoisotopic (exact) mass is 331 g/mol. The molecule has 7 nitrogen and oxygen atoms in total. The van der Waals surface area contributed by atoms with Crippen molar-refractivity contribution in [1.82, 2.24) is 9.29 Å². The maximum Gasteiger partial charge on any atom is 0.341 e. The van der Waals surface area contributed by atoms with E-state index in [9.17, 15) is 17.6 Å². The topological polar surface area (TPSA) is 79.8 Å². The minimum atomic E-state index is -3.72. The summed E-state index contributed by atoms with van der Waals surface area (Å²) in [6.07, 6.45) is 0.528. The Balaban J connectivity index is 2.50. The van der Waals surface area contributed by atoms with Crippen molar-refractivity contribution < 1.29 is 22.3 Å². The fourth-order valence-electron chi connectivity index (χ4n) is 2.21. The molecule has 1 aromatic heterocycles. The van der Waals surface area contributed by atoms with Crippen molar-refractivity contribution in [3.63, 3.8) is 0 Å². The van der Waals surface area contributed by atoms with Crippen molar-refractivity contribution in [3.05, 3.63) is 17.8 Å². The predicted molar refractivity (Wildman–Crippen MR) is 78.2 cm³/mol. The summed E-state index contributed by atoms with van der Waals surface area (Å²) in [6, 6.07) is 1.22. The SMILES string of the molecule is COC(=O)c1cc(S(=O)(=O)N(C)C)cnc1N1CCC(F)C1. The van der Waals surface area contributed by atoms with Crippen LogP contribution in [0.1, 0.15) is 16.8 Å². The van der Waals surface area contributed by atoms with Gasteiger partial charge in [-0.2, -0.15) is 0 Å². The zero-order chi connectivity index (χ0) is 16.5. The highest BCUT2D eigenvalue weighted by Crippen LogP contribution is 2.26. The van der Waals surface area contributed by atoms with Crippen LogP contribution in [0.2, 0.25) is 0 Å². The van der Waals surface area contributed by atoms with E-state index in [2.05, 4.69) is 9.72 Å². The molecule has 0 N–H and O–H groups in total. The van der Waals surface area contributed by atoms with Crippen LogP contribution in [0.25, 0.3) is 0 Å². The highest BCUT2D eigenvalue weighted by molar-refractivity contribution is 7.89. The Labute approximate surface area is 128 Å². The number of halogens is 1. The van der Waals surface area contributed by atoms with Gasteiger partial charge in [0.1, 0.15) is 22.4 Å². The van der Waals surface area contributed by atoms with Crippen LogP contribution in [0, 0.1) is 0 Å². The van der Waals surface area contributed by atoms with Gasteiger partial charge in [-0.15, -0.1) is 0 Å². The van der Waals surface area contributed by atoms with Crippen LogP contribution in [-0.4, -0.2) is 64.1 Å². The zero-order valence-electron chi connectivity index (χ0n) is 12.6. The Hall–Kier alpha value is -1.74. The Morgan fingerprint density at radius 2 is 2.18 bits per heavy atom. The molecule has 122 valence electrons. The summed E-state index contributed by atoms with van der Waals surface area (Å²) >= 11 is 0. The molecule has 1 atom stereocenters. The first-order chi connectivity index (χ1) is 10.3. The lowest BCUT2D eigenvalue weighted by molar-refractivity contribution is 0.0600. The number of aromatic nitrogens is 1. The third-order valence-corrected chi connectivity index (χ3v) is 5.24. The smallest absolute Gasteiger partial charge is 0.341 e. The van der Waals surface area contributed by atoms with Crippen molar-refractivity contribution in [3.8, 4) is 0 Å². The number of esters is 1. The number of ether oxygens (including phenoxy) is 1. The molecule has 22 heavy (non-hydrogen) atoms. The molecule has 0 bridgehead atoms. The Kier molecular flexibility index (Phi) is 4.66. The normalized spacial score (nSPS) is 18.8. The van der Waals surface area contributed by atoms with Gasteiger partial charge in [-0.3, -0.25) is 0 Å². The molecule has 0 radical (unpaired) electrons. The molecule has 1 aliphatic heterocycles. The molecule has 0 amide bonds. The van der Waals surface area contributed by atoms with E-state index < -0.39 is 22.2 Å². The van der Waals surface area contributed by atoms with Crippen molar-refractivity contribution >= 4 is 21.8 Å². The average molecular weight is 331 g/mol. The van der Waals surface area contributed by atoms with Gasteiger partial charge in [0, 0.05) is 26.8 Å². The second kappa shape index (κ2) is 6.17. The van der Waals surface area contributed by atoms with Crippen molar-refractivity contribution in [1.29, 1.82) is 0 Å². The highest BCUT2D eigenvalue weighted by atomic mass is 32.2. The molecule has 1 aliphatic rings. The second-order valence-electron chi connectivity index (χ2n) is 5.15. The summed E-state index contributed by atoms with van der Waals surface area (Å²) in [5.74, 6) is -0.467. The number of pyridine rings is 1. The van der Waals surface area contributed by atoms with Gasteiger partial charge in [-0.25, -0.2) is 26.9 Å². The first-order valence-electron chi connectivity index (χ1n) is 6.67. The molecule has 1 fully saturated rings. The van der Waals surface area contributed by atoms with Crippen LogP contribution in [0.3, 0.4) is 0 Å². The Morgan fingerprint density at radius 1 is 1.50 bits per heavy atom. The fourth-order valence-corrected chi connectivity index (χ4v) is 3.09. The van der Waals surface area contributed by atoms with Gasteiger partial charge in [0.25, 0.3) is 0 Å². The number of rotatable bonds is 4. The first kappa shape index (κ1) is 16.6. The van der Waals surface area contributed by atoms with Crippen molar-refractivity contribution in [2.45, 2.75) is 17.5 Å². The molecular formula is C13H18FN3O4S. The number of methoxy groups -OCH3 is 1. The number of carbonyl (C=O) groups is 1. The molecule has 1 saturated heterocycles. The zero-order valence-corrected chi connectivity index (χ0v) is 13.4. The molecule has 1 unspecified atom stereocenters. The van der Waals surface area contributed by atoms with Gasteiger partial charge >= 0.3 is 5.97 Å². The number of carbonyl (C=O) groups excluding carboxylic acids is 1. The van der Waals surface area contributed by atoms with E-state index in [1.807, 2.05) is 0 Å². The van der Waals surface area contributed by atoms with Crippen LogP contribution in [-0.2, 0) is 14.8 Å². The molecule has 0 spiro atoms. The maximum atomic E-state index is 13.4. The summed E-state index contributed by atoms with van der Waals surface area (Å²) in [6.45, 7) is 0.536. The minimum Gasteiger partial charge on any atom is -0.465 e. The Bertz CT molecular complexity index is 678. The van der Waals surface area contributed by atoms with E-state index in [0.29, 0.717) is 13.0 Å². The quantitative estimate of drug-likeness (QED) is 0.755. The molecule has 1 aromatic rings. The lowest BCUT2D eigenvalue weighted by atomic mass is 10.2. The number of hydrogen-bond donors (Lipinski definition) is 0. The minimum absolute atomic E-state index is 0.0134. The van der Waals surface area contributed by atoms with E-state index in [-0.39, 0.29) is 22.8 Å². The molecule has 0 aromatic carbocycles. The van der Waals surface area contributed by atoms with Crippen LogP contribution >= 0.6 is 0 Å². The standard InChI is InChI=1S/C13H18FN3O4S/c1-16(2)22(19,20)10-6-11(13(18)21-3)12(15-7-10)17-5-4-9(14)8-17/h6-7,9H,4-5,8H2,1-3H3. The van der Waals surface area contributed by atoms with Gasteiger partial charge in [-0.05, 0) is 12.5 Å². The third kappa shape index (κ3) is 3.05. The van der Waals surface area contributed by atoms with Crippen LogP contribution in [0.15, 0.2) is 17.2 Å². The maximum absolute atomic E-state index is 13.4. The van der Waals surface area contributed by atoms with Crippen molar-refractivity contribution in [2.75, 3.05) is 39.2 Å². The molecule has 0 aliphatic carbocycles. The molecule has 9 heteroatoms. The molecule has 0 saturated carbocycles. The van der Waals surface area contributed by atoms with E-state index in [1.165, 1.54) is 33.5 Å². The van der Waals surface area contributed by atoms with Gasteiger partial charge in [-0.1, -0.05) is 0 Å². The average Bonchev–Trinajstić information content (AvgIpc) is 2.92. The lowest BCUT2D eigenvalue weighted by Crippen LogP contribution is -2.26. The van der Waals surface area contributed by atoms with Crippen molar-refractivity contribution in [2.24, 2.45) is 0 Å². The predicted octanol–water partition coefficient (Wildman–Crippen LogP) is 0.667. The molecule has 2 heterocycles. The van der Waals surface area contributed by atoms with Gasteiger partial charge < -0.3 is 9.64 Å². The van der Waals surface area contributed by atoms with Crippen LogP contribution < -0.4 is 4.90 Å². The number of sulfonamides is 1. The first-order valence-corrected chi connectivity index (χ1v) is 8.11. The van der Waals surface area contributed by atoms with Crippen LogP contribution in [0.5, 0.6) is 0 Å². The largest absolute Gasteiger partial charge is 0.465 e. The summed E-state index contributed by atoms with van der Waals surface area (Å²) in [7, 11) is 0.242. The summed E-state index contributed by atoms with van der Waals surface area (Å²) in [5, 5.41) is 0. The number of nitrogens with zero attached hydrogens (tertiary/aromatic N) is 3. The number of hydrogen-bond acceptors (Lipinski definition) is 6. The fraction of sp³-hybridized carbons (Fsp3) is 0.538. The summed E-state index contributed by atoms with van der Waals surface area (Å²) < 4.78 is 43.3. The third-order valence-electron chi connectivity index (χ3n) is 3.46. The van der Waals surface area contributed by atoms with Crippen LogP contribution in [0.4, 0.5) is 10.2 Å². The van der Waals surface area contributed by atoms with E-state index in [4.69, 9.17) is 0 Å². The van der Waals surface area contributed by atoms with Gasteiger partial charge in [0.05, 0.1) is 13.7 Å². The summed E-state index contributed by atoms with van der Waals surface area (Å²) in [5.41, 5.74) is 0.0134. The van der Waals surface area contributed by atoms with E-state index >= 15 is 0 Å². The van der Waals surface area contributed by atoms with E-state index in [1.54, 1.807) is 4.90 Å². The highest BCUT2D eigenvalue weighted by Gasteiger charge is 2.29. The van der Waals surface area contributed by atoms with Gasteiger partial charge in [0.2, 0.25) is 10.0 Å². The van der Waals surface area contributed by atoms with Gasteiger partial charge in [0.15, 0.2) is 0 Å². The molecular weight excluding hydrogens is 313 g/mol.